The lowest BCUT2D eigenvalue weighted by molar-refractivity contribution is -0.153. The van der Waals surface area contributed by atoms with Crippen LogP contribution in [0.5, 0.6) is 5.75 Å². The predicted octanol–water partition coefficient (Wildman–Crippen LogP) is 3.48. The number of hydrogen-bond donors (Lipinski definition) is 1. The molecule has 0 radical (unpaired) electrons. The Morgan fingerprint density at radius 3 is 2.50 bits per heavy atom. The molecule has 168 valence electrons. The number of aromatic nitrogens is 4. The van der Waals surface area contributed by atoms with E-state index in [1.807, 2.05) is 12.1 Å². The SMILES string of the molecule is Cn1cc([C@H](NC(=O)Cc2ccc(C3CC3)cc2)c2ccc(OCC(F)(F)F)cn2)nn1. The minimum atomic E-state index is -4.44. The lowest BCUT2D eigenvalue weighted by Gasteiger charge is -2.17. The highest BCUT2D eigenvalue weighted by molar-refractivity contribution is 5.79. The first-order valence-electron chi connectivity index (χ1n) is 10.2. The number of nitrogens with zero attached hydrogens (tertiary/aromatic N) is 4. The van der Waals surface area contributed by atoms with Gasteiger partial charge in [-0.2, -0.15) is 13.2 Å². The molecule has 3 aromatic rings. The molecule has 2 aromatic heterocycles. The summed E-state index contributed by atoms with van der Waals surface area (Å²) in [6.45, 7) is -1.40. The summed E-state index contributed by atoms with van der Waals surface area (Å²) in [6, 6.07) is 10.2. The minimum Gasteiger partial charge on any atom is -0.483 e. The molecule has 1 fully saturated rings. The summed E-state index contributed by atoms with van der Waals surface area (Å²) in [5.41, 5.74) is 3.04. The van der Waals surface area contributed by atoms with Crippen molar-refractivity contribution in [2.75, 3.05) is 6.61 Å². The van der Waals surface area contributed by atoms with Crippen molar-refractivity contribution in [1.82, 2.24) is 25.3 Å². The van der Waals surface area contributed by atoms with Crippen LogP contribution in [0.3, 0.4) is 0 Å². The molecule has 7 nitrogen and oxygen atoms in total. The normalized spacial score (nSPS) is 14.8. The number of benzene rings is 1. The second kappa shape index (κ2) is 8.97. The van der Waals surface area contributed by atoms with Gasteiger partial charge in [-0.05, 0) is 42.0 Å². The molecule has 1 amide bonds. The van der Waals surface area contributed by atoms with Gasteiger partial charge in [0.15, 0.2) is 6.61 Å². The minimum absolute atomic E-state index is 0.0222. The van der Waals surface area contributed by atoms with Gasteiger partial charge in [-0.25, -0.2) is 0 Å². The maximum atomic E-state index is 12.7. The van der Waals surface area contributed by atoms with Crippen LogP contribution < -0.4 is 10.1 Å². The quantitative estimate of drug-likeness (QED) is 0.574. The van der Waals surface area contributed by atoms with E-state index in [9.17, 15) is 18.0 Å². The van der Waals surface area contributed by atoms with Crippen LogP contribution in [-0.2, 0) is 18.3 Å². The van der Waals surface area contributed by atoms with E-state index in [0.717, 1.165) is 5.56 Å². The zero-order chi connectivity index (χ0) is 22.7. The number of amides is 1. The Balaban J connectivity index is 1.46. The van der Waals surface area contributed by atoms with Crippen molar-refractivity contribution in [1.29, 1.82) is 0 Å². The van der Waals surface area contributed by atoms with Gasteiger partial charge in [-0.15, -0.1) is 5.10 Å². The molecule has 1 saturated carbocycles. The van der Waals surface area contributed by atoms with Crippen LogP contribution in [0.25, 0.3) is 0 Å². The van der Waals surface area contributed by atoms with Gasteiger partial charge in [-0.1, -0.05) is 29.5 Å². The first-order chi connectivity index (χ1) is 15.3. The maximum absolute atomic E-state index is 12.7. The van der Waals surface area contributed by atoms with Crippen molar-refractivity contribution < 1.29 is 22.7 Å². The van der Waals surface area contributed by atoms with Crippen molar-refractivity contribution in [3.63, 3.8) is 0 Å². The molecule has 0 aliphatic heterocycles. The maximum Gasteiger partial charge on any atom is 0.422 e. The highest BCUT2D eigenvalue weighted by Gasteiger charge is 2.29. The molecule has 0 bridgehead atoms. The van der Waals surface area contributed by atoms with Crippen LogP contribution >= 0.6 is 0 Å². The number of hydrogen-bond acceptors (Lipinski definition) is 5. The number of alkyl halides is 3. The van der Waals surface area contributed by atoms with Gasteiger partial charge in [0, 0.05) is 7.05 Å². The smallest absolute Gasteiger partial charge is 0.422 e. The van der Waals surface area contributed by atoms with Crippen LogP contribution in [0.15, 0.2) is 48.8 Å². The van der Waals surface area contributed by atoms with E-state index >= 15 is 0 Å². The highest BCUT2D eigenvalue weighted by Crippen LogP contribution is 2.39. The Bertz CT molecular complexity index is 1060. The molecule has 10 heteroatoms. The number of pyridine rings is 1. The second-order valence-corrected chi connectivity index (χ2v) is 7.83. The fourth-order valence-electron chi connectivity index (χ4n) is 3.33. The van der Waals surface area contributed by atoms with E-state index < -0.39 is 18.8 Å². The van der Waals surface area contributed by atoms with E-state index in [-0.39, 0.29) is 18.1 Å². The average molecular weight is 445 g/mol. The van der Waals surface area contributed by atoms with Crippen molar-refractivity contribution >= 4 is 5.91 Å². The van der Waals surface area contributed by atoms with Crippen molar-refractivity contribution in [3.05, 3.63) is 71.3 Å². The number of aryl methyl sites for hydroxylation is 1. The monoisotopic (exact) mass is 445 g/mol. The zero-order valence-electron chi connectivity index (χ0n) is 17.3. The average Bonchev–Trinajstić information content (AvgIpc) is 3.52. The second-order valence-electron chi connectivity index (χ2n) is 7.83. The summed E-state index contributed by atoms with van der Waals surface area (Å²) in [5.74, 6) is 0.387. The third-order valence-corrected chi connectivity index (χ3v) is 5.07. The zero-order valence-corrected chi connectivity index (χ0v) is 17.3. The Hall–Kier alpha value is -3.43. The lowest BCUT2D eigenvalue weighted by atomic mass is 10.1. The summed E-state index contributed by atoms with van der Waals surface area (Å²) in [4.78, 5) is 16.9. The van der Waals surface area contributed by atoms with Gasteiger partial charge in [-0.3, -0.25) is 14.5 Å². The third kappa shape index (κ3) is 5.83. The Labute approximate surface area is 182 Å². The van der Waals surface area contributed by atoms with Crippen molar-refractivity contribution in [2.45, 2.75) is 37.4 Å². The molecule has 1 N–H and O–H groups in total. The van der Waals surface area contributed by atoms with E-state index in [2.05, 4.69) is 32.7 Å². The van der Waals surface area contributed by atoms with Gasteiger partial charge in [0.05, 0.1) is 24.5 Å². The van der Waals surface area contributed by atoms with Gasteiger partial charge in [0.1, 0.15) is 17.5 Å². The fourth-order valence-corrected chi connectivity index (χ4v) is 3.33. The molecule has 1 atom stereocenters. The van der Waals surface area contributed by atoms with E-state index in [0.29, 0.717) is 17.3 Å². The number of halogens is 3. The summed E-state index contributed by atoms with van der Waals surface area (Å²) >= 11 is 0. The van der Waals surface area contributed by atoms with Gasteiger partial charge in [0.25, 0.3) is 0 Å². The molecule has 0 spiro atoms. The summed E-state index contributed by atoms with van der Waals surface area (Å²) in [7, 11) is 1.69. The van der Waals surface area contributed by atoms with Crippen LogP contribution in [0.4, 0.5) is 13.2 Å². The number of carbonyl (C=O) groups is 1. The van der Waals surface area contributed by atoms with E-state index in [1.54, 1.807) is 13.2 Å². The molecule has 32 heavy (non-hydrogen) atoms. The number of rotatable bonds is 8. The molecule has 1 aliphatic rings. The number of nitrogens with one attached hydrogen (secondary N) is 1. The van der Waals surface area contributed by atoms with E-state index in [4.69, 9.17) is 4.74 Å². The Morgan fingerprint density at radius 1 is 1.19 bits per heavy atom. The Kier molecular flexibility index (Phi) is 6.11. The number of ether oxygens (including phenoxy) is 1. The predicted molar refractivity (Wildman–Crippen MR) is 109 cm³/mol. The Morgan fingerprint density at radius 2 is 1.94 bits per heavy atom. The molecule has 0 saturated heterocycles. The lowest BCUT2D eigenvalue weighted by Crippen LogP contribution is -2.31. The molecular weight excluding hydrogens is 423 g/mol. The molecule has 0 unspecified atom stereocenters. The molecule has 2 heterocycles. The number of carbonyl (C=O) groups excluding carboxylic acids is 1. The van der Waals surface area contributed by atoms with Crippen LogP contribution in [0.2, 0.25) is 0 Å². The van der Waals surface area contributed by atoms with Gasteiger partial charge < -0.3 is 10.1 Å². The first kappa shape index (κ1) is 21.8. The molecular formula is C22H22F3N5O2. The van der Waals surface area contributed by atoms with Crippen LogP contribution in [0.1, 0.15) is 47.3 Å². The first-order valence-corrected chi connectivity index (χ1v) is 10.2. The van der Waals surface area contributed by atoms with Crippen LogP contribution in [0, 0.1) is 0 Å². The topological polar surface area (TPSA) is 81.9 Å². The summed E-state index contributed by atoms with van der Waals surface area (Å²) in [6.07, 6.45) is 0.998. The van der Waals surface area contributed by atoms with Gasteiger partial charge in [0.2, 0.25) is 5.91 Å². The third-order valence-electron chi connectivity index (χ3n) is 5.07. The van der Waals surface area contributed by atoms with Crippen molar-refractivity contribution in [3.8, 4) is 5.75 Å². The van der Waals surface area contributed by atoms with E-state index in [1.165, 1.54) is 41.4 Å². The standard InChI is InChI=1S/C22H22F3N5O2/c1-30-12-19(28-29-30)21(18-9-8-17(11-26-18)32-13-22(23,24)25)27-20(31)10-14-2-4-15(5-3-14)16-6-7-16/h2-5,8-9,11-12,16,21H,6-7,10,13H2,1H3,(H,27,31)/t21-/m1/s1. The largest absolute Gasteiger partial charge is 0.483 e. The highest BCUT2D eigenvalue weighted by atomic mass is 19.4. The fraction of sp³-hybridized carbons (Fsp3) is 0.364. The molecule has 1 aromatic carbocycles. The molecule has 1 aliphatic carbocycles. The summed E-state index contributed by atoms with van der Waals surface area (Å²) in [5, 5.41) is 10.9. The van der Waals surface area contributed by atoms with Crippen molar-refractivity contribution in [2.24, 2.45) is 7.05 Å². The summed E-state index contributed by atoms with van der Waals surface area (Å²) < 4.78 is 43.2. The van der Waals surface area contributed by atoms with Gasteiger partial charge >= 0.3 is 6.18 Å². The molecule has 4 rings (SSSR count). The van der Waals surface area contributed by atoms with Crippen LogP contribution in [-0.4, -0.2) is 38.7 Å².